The van der Waals surface area contributed by atoms with Crippen molar-refractivity contribution in [3.05, 3.63) is 64.1 Å². The predicted octanol–water partition coefficient (Wildman–Crippen LogP) is 5.28. The summed E-state index contributed by atoms with van der Waals surface area (Å²) >= 11 is 3.62. The maximum Gasteiger partial charge on any atom is 0.203 e. The van der Waals surface area contributed by atoms with Crippen molar-refractivity contribution in [1.29, 1.82) is 0 Å². The van der Waals surface area contributed by atoms with Gasteiger partial charge in [0.15, 0.2) is 0 Å². The van der Waals surface area contributed by atoms with Gasteiger partial charge in [0, 0.05) is 29.3 Å². The quantitative estimate of drug-likeness (QED) is 0.621. The molecule has 1 saturated heterocycles. The van der Waals surface area contributed by atoms with Crippen molar-refractivity contribution in [2.24, 2.45) is 5.10 Å². The third-order valence-electron chi connectivity index (χ3n) is 5.75. The Morgan fingerprint density at radius 2 is 1.96 bits per heavy atom. The van der Waals surface area contributed by atoms with E-state index < -0.39 is 5.72 Å². The summed E-state index contributed by atoms with van der Waals surface area (Å²) in [5, 5.41) is 7.34. The molecule has 2 atom stereocenters. The van der Waals surface area contributed by atoms with E-state index in [0.717, 1.165) is 35.2 Å². The molecule has 0 bridgehead atoms. The molecule has 140 valence electrons. The smallest absolute Gasteiger partial charge is 0.203 e. The van der Waals surface area contributed by atoms with E-state index in [0.29, 0.717) is 6.61 Å². The molecule has 0 aliphatic carbocycles. The molecule has 5 rings (SSSR count). The fourth-order valence-electron chi connectivity index (χ4n) is 4.63. The van der Waals surface area contributed by atoms with Gasteiger partial charge in [-0.1, -0.05) is 46.3 Å². The highest BCUT2D eigenvalue weighted by atomic mass is 79.9. The summed E-state index contributed by atoms with van der Waals surface area (Å²) in [5.41, 5.74) is 2.82. The minimum Gasteiger partial charge on any atom is -0.466 e. The van der Waals surface area contributed by atoms with E-state index in [1.165, 1.54) is 11.1 Å². The van der Waals surface area contributed by atoms with E-state index in [1.54, 1.807) is 0 Å². The lowest BCUT2D eigenvalue weighted by Crippen LogP contribution is -2.60. The summed E-state index contributed by atoms with van der Waals surface area (Å²) in [5.74, 6) is 0.974. The molecule has 0 amide bonds. The standard InChI is InChI=1S/C22H23BrN2O2/c1-21(2)14-22(10-11-26-21)25-19(17-12-16(23)8-9-20(17)27-22)13-18(24-25)15-6-4-3-5-7-15/h3-9,12,19H,10-11,13-14H2,1-2H3/t19-,22-/m0/s1. The van der Waals surface area contributed by atoms with E-state index in [4.69, 9.17) is 14.6 Å². The molecule has 0 unspecified atom stereocenters. The number of nitrogens with zero attached hydrogens (tertiary/aromatic N) is 2. The molecule has 0 saturated carbocycles. The second-order valence-electron chi connectivity index (χ2n) is 8.24. The Kier molecular flexibility index (Phi) is 3.89. The minimum atomic E-state index is -0.455. The topological polar surface area (TPSA) is 34.1 Å². The first-order chi connectivity index (χ1) is 13.0. The molecular weight excluding hydrogens is 404 g/mol. The molecule has 0 N–H and O–H groups in total. The number of hydrazone groups is 1. The van der Waals surface area contributed by atoms with Gasteiger partial charge in [-0.05, 0) is 37.6 Å². The predicted molar refractivity (Wildman–Crippen MR) is 109 cm³/mol. The van der Waals surface area contributed by atoms with Crippen molar-refractivity contribution in [1.82, 2.24) is 5.01 Å². The van der Waals surface area contributed by atoms with Gasteiger partial charge in [0.2, 0.25) is 5.72 Å². The Morgan fingerprint density at radius 1 is 1.15 bits per heavy atom. The number of benzene rings is 2. The minimum absolute atomic E-state index is 0.190. The van der Waals surface area contributed by atoms with Gasteiger partial charge in [0.1, 0.15) is 5.75 Å². The lowest BCUT2D eigenvalue weighted by atomic mass is 9.86. The van der Waals surface area contributed by atoms with Gasteiger partial charge in [-0.25, -0.2) is 5.01 Å². The monoisotopic (exact) mass is 426 g/mol. The maximum atomic E-state index is 6.67. The van der Waals surface area contributed by atoms with Gasteiger partial charge < -0.3 is 9.47 Å². The van der Waals surface area contributed by atoms with E-state index >= 15 is 0 Å². The lowest BCUT2D eigenvalue weighted by Gasteiger charge is -2.52. The number of hydrogen-bond donors (Lipinski definition) is 0. The normalized spacial score (nSPS) is 28.3. The molecule has 3 heterocycles. The van der Waals surface area contributed by atoms with Crippen LogP contribution in [0.1, 0.15) is 50.3 Å². The summed E-state index contributed by atoms with van der Waals surface area (Å²) in [6, 6.07) is 17.0. The van der Waals surface area contributed by atoms with Crippen molar-refractivity contribution in [2.45, 2.75) is 50.5 Å². The van der Waals surface area contributed by atoms with Crippen LogP contribution in [0.4, 0.5) is 0 Å². The van der Waals surface area contributed by atoms with Gasteiger partial charge >= 0.3 is 0 Å². The first kappa shape index (κ1) is 17.3. The van der Waals surface area contributed by atoms with Crippen LogP contribution >= 0.6 is 15.9 Å². The third-order valence-corrected chi connectivity index (χ3v) is 6.25. The van der Waals surface area contributed by atoms with Crippen molar-refractivity contribution in [3.8, 4) is 5.75 Å². The van der Waals surface area contributed by atoms with Crippen LogP contribution in [-0.4, -0.2) is 28.7 Å². The Balaban J connectivity index is 1.63. The molecule has 3 aliphatic heterocycles. The number of ether oxygens (including phenoxy) is 2. The molecule has 0 aromatic heterocycles. The molecule has 27 heavy (non-hydrogen) atoms. The highest BCUT2D eigenvalue weighted by molar-refractivity contribution is 9.10. The van der Waals surface area contributed by atoms with Crippen molar-refractivity contribution < 1.29 is 9.47 Å². The molecule has 2 aromatic rings. The number of hydrogen-bond acceptors (Lipinski definition) is 4. The third kappa shape index (κ3) is 2.88. The average molecular weight is 427 g/mol. The van der Waals surface area contributed by atoms with Gasteiger partial charge in [0.25, 0.3) is 0 Å². The van der Waals surface area contributed by atoms with Crippen LogP contribution in [0, 0.1) is 0 Å². The van der Waals surface area contributed by atoms with Crippen LogP contribution in [0.25, 0.3) is 0 Å². The zero-order chi connectivity index (χ0) is 18.6. The largest absolute Gasteiger partial charge is 0.466 e. The van der Waals surface area contributed by atoms with Crippen LogP contribution in [0.5, 0.6) is 5.75 Å². The van der Waals surface area contributed by atoms with E-state index in [2.05, 4.69) is 77.3 Å². The van der Waals surface area contributed by atoms with Crippen molar-refractivity contribution in [3.63, 3.8) is 0 Å². The van der Waals surface area contributed by atoms with Crippen LogP contribution in [-0.2, 0) is 4.74 Å². The Bertz CT molecular complexity index is 912. The summed E-state index contributed by atoms with van der Waals surface area (Å²) in [6.07, 6.45) is 2.49. The highest BCUT2D eigenvalue weighted by Crippen LogP contribution is 2.52. The Labute approximate surface area is 168 Å². The average Bonchev–Trinajstić information content (AvgIpc) is 3.09. The second kappa shape index (κ2) is 6.08. The summed E-state index contributed by atoms with van der Waals surface area (Å²) in [6.45, 7) is 4.96. The van der Waals surface area contributed by atoms with Crippen LogP contribution in [0.2, 0.25) is 0 Å². The Morgan fingerprint density at radius 3 is 2.74 bits per heavy atom. The van der Waals surface area contributed by atoms with Gasteiger partial charge in [0.05, 0.1) is 24.0 Å². The van der Waals surface area contributed by atoms with Crippen LogP contribution in [0.3, 0.4) is 0 Å². The first-order valence-electron chi connectivity index (χ1n) is 9.51. The maximum absolute atomic E-state index is 6.67. The summed E-state index contributed by atoms with van der Waals surface area (Å²) < 4.78 is 13.7. The molecule has 4 nitrogen and oxygen atoms in total. The van der Waals surface area contributed by atoms with E-state index in [9.17, 15) is 0 Å². The molecule has 2 aromatic carbocycles. The molecule has 1 spiro atoms. The fourth-order valence-corrected chi connectivity index (χ4v) is 5.01. The number of rotatable bonds is 1. The first-order valence-corrected chi connectivity index (χ1v) is 10.3. The van der Waals surface area contributed by atoms with Crippen molar-refractivity contribution >= 4 is 21.6 Å². The van der Waals surface area contributed by atoms with Gasteiger partial charge in [-0.3, -0.25) is 0 Å². The zero-order valence-electron chi connectivity index (χ0n) is 15.6. The second-order valence-corrected chi connectivity index (χ2v) is 9.16. The van der Waals surface area contributed by atoms with Gasteiger partial charge in [-0.2, -0.15) is 5.10 Å². The van der Waals surface area contributed by atoms with Crippen molar-refractivity contribution in [2.75, 3.05) is 6.61 Å². The van der Waals surface area contributed by atoms with E-state index in [1.807, 2.05) is 6.07 Å². The zero-order valence-corrected chi connectivity index (χ0v) is 17.2. The highest BCUT2D eigenvalue weighted by Gasteiger charge is 2.54. The van der Waals surface area contributed by atoms with Crippen LogP contribution < -0.4 is 4.74 Å². The fraction of sp³-hybridized carbons (Fsp3) is 0.409. The molecule has 5 heteroatoms. The molecular formula is C22H23BrN2O2. The summed E-state index contributed by atoms with van der Waals surface area (Å²) in [4.78, 5) is 0. The lowest BCUT2D eigenvalue weighted by molar-refractivity contribution is -0.212. The van der Waals surface area contributed by atoms with E-state index in [-0.39, 0.29) is 11.6 Å². The molecule has 1 fully saturated rings. The Hall–Kier alpha value is -1.85. The summed E-state index contributed by atoms with van der Waals surface area (Å²) in [7, 11) is 0. The van der Waals surface area contributed by atoms with Gasteiger partial charge in [-0.15, -0.1) is 0 Å². The molecule has 0 radical (unpaired) electrons. The van der Waals surface area contributed by atoms with Crippen LogP contribution in [0.15, 0.2) is 58.1 Å². The number of halogens is 1. The number of fused-ring (bicyclic) bond motifs is 4. The SMILES string of the molecule is CC1(C)C[C@]2(CCO1)Oc1ccc(Br)cc1[C@@H]1CC(c3ccccc3)=NN12. The molecule has 3 aliphatic rings.